The van der Waals surface area contributed by atoms with Gasteiger partial charge in [-0.25, -0.2) is 17.9 Å². The van der Waals surface area contributed by atoms with Gasteiger partial charge in [0, 0.05) is 13.1 Å². The number of hydrogen-bond acceptors (Lipinski definition) is 6. The number of ether oxygens (including phenoxy) is 1. The zero-order chi connectivity index (χ0) is 21.7. The van der Waals surface area contributed by atoms with Gasteiger partial charge in [0.1, 0.15) is 5.76 Å². The van der Waals surface area contributed by atoms with Crippen LogP contribution in [0.15, 0.2) is 52.0 Å². The third-order valence-electron chi connectivity index (χ3n) is 4.94. The van der Waals surface area contributed by atoms with E-state index in [0.29, 0.717) is 30.7 Å². The molecular formula is C21H26N2O6S. The summed E-state index contributed by atoms with van der Waals surface area (Å²) in [4.78, 5) is 26.4. The Hall–Kier alpha value is -2.65. The molecule has 1 aromatic heterocycles. The molecule has 1 aliphatic rings. The highest BCUT2D eigenvalue weighted by Gasteiger charge is 2.26. The minimum Gasteiger partial charge on any atom is -0.468 e. The molecule has 2 heterocycles. The van der Waals surface area contributed by atoms with Crippen LogP contribution in [0.3, 0.4) is 0 Å². The van der Waals surface area contributed by atoms with Gasteiger partial charge in [0.2, 0.25) is 10.0 Å². The van der Waals surface area contributed by atoms with Gasteiger partial charge < -0.3 is 14.1 Å². The highest BCUT2D eigenvalue weighted by atomic mass is 32.2. The molecule has 1 fully saturated rings. The van der Waals surface area contributed by atoms with Crippen LogP contribution in [-0.2, 0) is 26.1 Å². The van der Waals surface area contributed by atoms with Crippen molar-refractivity contribution in [1.29, 1.82) is 0 Å². The zero-order valence-corrected chi connectivity index (χ0v) is 17.9. The minimum atomic E-state index is -3.85. The molecule has 2 atom stereocenters. The second-order valence-corrected chi connectivity index (χ2v) is 9.52. The molecule has 30 heavy (non-hydrogen) atoms. The first-order valence-corrected chi connectivity index (χ1v) is 11.3. The van der Waals surface area contributed by atoms with Crippen molar-refractivity contribution >= 4 is 21.9 Å². The highest BCUT2D eigenvalue weighted by Crippen LogP contribution is 2.21. The molecule has 1 N–H and O–H groups in total. The smallest absolute Gasteiger partial charge is 0.338 e. The number of esters is 1. The van der Waals surface area contributed by atoms with E-state index >= 15 is 0 Å². The first kappa shape index (κ1) is 22.0. The van der Waals surface area contributed by atoms with E-state index in [0.717, 1.165) is 6.42 Å². The topological polar surface area (TPSA) is 106 Å². The van der Waals surface area contributed by atoms with E-state index in [1.54, 1.807) is 17.0 Å². The Morgan fingerprint density at radius 3 is 2.57 bits per heavy atom. The van der Waals surface area contributed by atoms with Crippen LogP contribution in [0.2, 0.25) is 0 Å². The number of likely N-dealkylation sites (tertiary alicyclic amines) is 1. The van der Waals surface area contributed by atoms with E-state index < -0.39 is 16.0 Å². The molecule has 1 aromatic carbocycles. The molecule has 3 rings (SSSR count). The van der Waals surface area contributed by atoms with Gasteiger partial charge in [0.05, 0.1) is 23.3 Å². The van der Waals surface area contributed by atoms with E-state index in [1.807, 2.05) is 0 Å². The van der Waals surface area contributed by atoms with Crippen molar-refractivity contribution in [3.63, 3.8) is 0 Å². The monoisotopic (exact) mass is 434 g/mol. The first-order chi connectivity index (χ1) is 14.2. The van der Waals surface area contributed by atoms with E-state index in [9.17, 15) is 18.0 Å². The van der Waals surface area contributed by atoms with E-state index in [4.69, 9.17) is 9.15 Å². The number of benzene rings is 1. The molecule has 1 saturated heterocycles. The molecule has 0 spiro atoms. The molecule has 8 nitrogen and oxygen atoms in total. The van der Waals surface area contributed by atoms with E-state index in [2.05, 4.69) is 18.6 Å². The second kappa shape index (κ2) is 9.44. The lowest BCUT2D eigenvalue weighted by Gasteiger charge is -2.34. The standard InChI is InChI=1S/C21H26N2O6S/c1-15-9-16(2)13-23(12-15)20(24)14-29-21(25)17-5-3-7-19(10-17)30(26,27)22-11-18-6-4-8-28-18/h3-8,10,15-16,22H,9,11-14H2,1-2H3/t15-,16-/m0/s1. The number of nitrogens with one attached hydrogen (secondary N) is 1. The average Bonchev–Trinajstić information content (AvgIpc) is 3.23. The molecule has 9 heteroatoms. The highest BCUT2D eigenvalue weighted by molar-refractivity contribution is 7.89. The van der Waals surface area contributed by atoms with Gasteiger partial charge in [0.15, 0.2) is 6.61 Å². The maximum atomic E-state index is 12.5. The number of piperidine rings is 1. The molecule has 0 aliphatic carbocycles. The number of sulfonamides is 1. The summed E-state index contributed by atoms with van der Waals surface area (Å²) in [6, 6.07) is 8.81. The number of amides is 1. The molecule has 0 unspecified atom stereocenters. The normalized spacial score (nSPS) is 19.5. The summed E-state index contributed by atoms with van der Waals surface area (Å²) in [5.74, 6) is 0.289. The number of furan rings is 1. The first-order valence-electron chi connectivity index (χ1n) is 9.81. The number of carbonyl (C=O) groups is 2. The lowest BCUT2D eigenvalue weighted by atomic mass is 9.92. The van der Waals surface area contributed by atoms with Gasteiger partial charge >= 0.3 is 5.97 Å². The maximum absolute atomic E-state index is 12.5. The molecule has 1 aliphatic heterocycles. The van der Waals surface area contributed by atoms with Crippen molar-refractivity contribution < 1.29 is 27.2 Å². The second-order valence-electron chi connectivity index (χ2n) is 7.75. The summed E-state index contributed by atoms with van der Waals surface area (Å²) >= 11 is 0. The average molecular weight is 435 g/mol. The van der Waals surface area contributed by atoms with Crippen molar-refractivity contribution in [2.24, 2.45) is 11.8 Å². The fourth-order valence-electron chi connectivity index (χ4n) is 3.62. The van der Waals surface area contributed by atoms with Crippen molar-refractivity contribution in [3.8, 4) is 0 Å². The van der Waals surface area contributed by atoms with E-state index in [-0.39, 0.29) is 29.5 Å². The van der Waals surface area contributed by atoms with Crippen LogP contribution in [0, 0.1) is 11.8 Å². The van der Waals surface area contributed by atoms with Crippen molar-refractivity contribution in [3.05, 3.63) is 54.0 Å². The van der Waals surface area contributed by atoms with Crippen LogP contribution in [0.5, 0.6) is 0 Å². The summed E-state index contributed by atoms with van der Waals surface area (Å²) in [6.07, 6.45) is 2.52. The number of carbonyl (C=O) groups excluding carboxylic acids is 2. The van der Waals surface area contributed by atoms with Crippen molar-refractivity contribution in [2.75, 3.05) is 19.7 Å². The molecule has 0 bridgehead atoms. The number of rotatable bonds is 7. The summed E-state index contributed by atoms with van der Waals surface area (Å²) in [5.41, 5.74) is 0.0593. The third-order valence-corrected chi connectivity index (χ3v) is 6.34. The van der Waals surface area contributed by atoms with Crippen LogP contribution in [0.4, 0.5) is 0 Å². The Bertz CT molecular complexity index is 977. The predicted octanol–water partition coefficient (Wildman–Crippen LogP) is 2.42. The Morgan fingerprint density at radius 1 is 1.17 bits per heavy atom. The van der Waals surface area contributed by atoms with Crippen LogP contribution >= 0.6 is 0 Å². The molecule has 0 radical (unpaired) electrons. The summed E-state index contributed by atoms with van der Waals surface area (Å²) in [7, 11) is -3.85. The molecule has 2 aromatic rings. The lowest BCUT2D eigenvalue weighted by Crippen LogP contribution is -2.44. The van der Waals surface area contributed by atoms with Crippen molar-refractivity contribution in [1.82, 2.24) is 9.62 Å². The van der Waals surface area contributed by atoms with Gasteiger partial charge in [-0.05, 0) is 48.6 Å². The maximum Gasteiger partial charge on any atom is 0.338 e. The molecule has 1 amide bonds. The summed E-state index contributed by atoms with van der Waals surface area (Å²) in [6.45, 7) is 5.10. The number of hydrogen-bond donors (Lipinski definition) is 1. The number of nitrogens with zero attached hydrogens (tertiary/aromatic N) is 1. The van der Waals surface area contributed by atoms with Gasteiger partial charge in [-0.1, -0.05) is 19.9 Å². The Labute approximate surface area is 176 Å². The molecule has 162 valence electrons. The largest absolute Gasteiger partial charge is 0.468 e. The summed E-state index contributed by atoms with van der Waals surface area (Å²) in [5, 5.41) is 0. The minimum absolute atomic E-state index is 0.00874. The quantitative estimate of drug-likeness (QED) is 0.671. The van der Waals surface area contributed by atoms with Crippen LogP contribution in [-0.4, -0.2) is 44.9 Å². The van der Waals surface area contributed by atoms with Crippen LogP contribution in [0.25, 0.3) is 0 Å². The fraction of sp³-hybridized carbons (Fsp3) is 0.429. The predicted molar refractivity (Wildman–Crippen MR) is 109 cm³/mol. The van der Waals surface area contributed by atoms with Gasteiger partial charge in [-0.2, -0.15) is 0 Å². The SMILES string of the molecule is C[C@H]1C[C@H](C)CN(C(=O)COC(=O)c2cccc(S(=O)(=O)NCc3ccco3)c2)C1. The summed E-state index contributed by atoms with van der Waals surface area (Å²) < 4.78 is 37.6. The molecular weight excluding hydrogens is 408 g/mol. The molecule has 0 saturated carbocycles. The van der Waals surface area contributed by atoms with E-state index in [1.165, 1.54) is 30.5 Å². The Balaban J connectivity index is 1.59. The third kappa shape index (κ3) is 5.70. The Kier molecular flexibility index (Phi) is 6.94. The fourth-order valence-corrected chi connectivity index (χ4v) is 4.66. The Morgan fingerprint density at radius 2 is 1.90 bits per heavy atom. The van der Waals surface area contributed by atoms with Gasteiger partial charge in [0.25, 0.3) is 5.91 Å². The van der Waals surface area contributed by atoms with Crippen molar-refractivity contribution in [2.45, 2.75) is 31.7 Å². The zero-order valence-electron chi connectivity index (χ0n) is 17.0. The van der Waals surface area contributed by atoms with Crippen LogP contribution < -0.4 is 4.72 Å². The lowest BCUT2D eigenvalue weighted by molar-refractivity contribution is -0.137. The van der Waals surface area contributed by atoms with Crippen LogP contribution in [0.1, 0.15) is 36.4 Å². The van der Waals surface area contributed by atoms with Gasteiger partial charge in [-0.3, -0.25) is 4.79 Å². The van der Waals surface area contributed by atoms with Gasteiger partial charge in [-0.15, -0.1) is 0 Å².